The van der Waals surface area contributed by atoms with Crippen molar-refractivity contribution in [3.05, 3.63) is 41.5 Å². The number of nitrogen functional groups attached to an aromatic ring is 1. The van der Waals surface area contributed by atoms with Gasteiger partial charge in [-0.2, -0.15) is 5.10 Å². The lowest BCUT2D eigenvalue weighted by Crippen LogP contribution is -2.27. The Kier molecular flexibility index (Phi) is 3.41. The van der Waals surface area contributed by atoms with E-state index in [2.05, 4.69) is 15.2 Å². The molecule has 0 atom stereocenters. The Bertz CT molecular complexity index is 576. The van der Waals surface area contributed by atoms with Crippen LogP contribution in [0.2, 0.25) is 0 Å². The van der Waals surface area contributed by atoms with E-state index in [-0.39, 0.29) is 12.1 Å². The molecular weight excluding hydrogens is 256 g/mol. The zero-order valence-corrected chi connectivity index (χ0v) is 10.0. The van der Waals surface area contributed by atoms with Crippen molar-refractivity contribution in [3.8, 4) is 0 Å². The predicted molar refractivity (Wildman–Crippen MR) is 63.0 cm³/mol. The lowest BCUT2D eigenvalue weighted by atomic mass is 10.1. The minimum absolute atomic E-state index is 0.119. The number of aromatic amines is 1. The van der Waals surface area contributed by atoms with Gasteiger partial charge in [-0.1, -0.05) is 0 Å². The van der Waals surface area contributed by atoms with E-state index >= 15 is 0 Å². The summed E-state index contributed by atoms with van der Waals surface area (Å²) in [5.41, 5.74) is 4.42. The quantitative estimate of drug-likeness (QED) is 0.810. The molecule has 0 bridgehead atoms. The van der Waals surface area contributed by atoms with E-state index < -0.39 is 23.2 Å². The maximum absolute atomic E-state index is 13.3. The van der Waals surface area contributed by atoms with E-state index in [9.17, 15) is 13.6 Å². The van der Waals surface area contributed by atoms with Crippen LogP contribution in [0.5, 0.6) is 0 Å². The highest BCUT2D eigenvalue weighted by Crippen LogP contribution is 2.18. The van der Waals surface area contributed by atoms with Gasteiger partial charge in [0.25, 0.3) is 5.91 Å². The number of carbonyl (C=O) groups excluding carboxylic acids is 1. The molecule has 8 heteroatoms. The first-order valence-corrected chi connectivity index (χ1v) is 5.33. The molecule has 0 aliphatic rings. The van der Waals surface area contributed by atoms with Crippen LogP contribution in [0.3, 0.4) is 0 Å². The van der Waals surface area contributed by atoms with Gasteiger partial charge in [-0.25, -0.2) is 13.8 Å². The number of H-pyrrole nitrogens is 1. The zero-order chi connectivity index (χ0) is 14.0. The first kappa shape index (κ1) is 12.9. The lowest BCUT2D eigenvalue weighted by molar-refractivity contribution is 0.0780. The van der Waals surface area contributed by atoms with Gasteiger partial charge in [0.2, 0.25) is 0 Å². The molecular formula is C11H11F2N5O. The van der Waals surface area contributed by atoms with Gasteiger partial charge in [0.1, 0.15) is 29.5 Å². The largest absolute Gasteiger partial charge is 0.394 e. The minimum Gasteiger partial charge on any atom is -0.394 e. The van der Waals surface area contributed by atoms with Gasteiger partial charge in [0.05, 0.1) is 6.54 Å². The average molecular weight is 267 g/mol. The third-order valence-electron chi connectivity index (χ3n) is 2.52. The van der Waals surface area contributed by atoms with Crippen LogP contribution in [0.15, 0.2) is 18.5 Å². The number of nitrogens with zero attached hydrogens (tertiary/aromatic N) is 3. The summed E-state index contributed by atoms with van der Waals surface area (Å²) in [5.74, 6) is -2.01. The Balaban J connectivity index is 2.19. The highest BCUT2D eigenvalue weighted by molar-refractivity contribution is 5.94. The lowest BCUT2D eigenvalue weighted by Gasteiger charge is -2.16. The van der Waals surface area contributed by atoms with Crippen molar-refractivity contribution in [2.75, 3.05) is 12.8 Å². The number of halogens is 2. The third kappa shape index (κ3) is 2.67. The summed E-state index contributed by atoms with van der Waals surface area (Å²) in [6, 6.07) is 1.80. The zero-order valence-electron chi connectivity index (χ0n) is 10.0. The molecule has 0 saturated carbocycles. The summed E-state index contributed by atoms with van der Waals surface area (Å²) >= 11 is 0. The predicted octanol–water partition coefficient (Wildman–Crippen LogP) is 0.937. The highest BCUT2D eigenvalue weighted by Gasteiger charge is 2.17. The summed E-state index contributed by atoms with van der Waals surface area (Å²) in [4.78, 5) is 17.1. The Morgan fingerprint density at radius 1 is 1.42 bits per heavy atom. The Hall–Kier alpha value is -2.51. The van der Waals surface area contributed by atoms with Crippen LogP contribution in [0.1, 0.15) is 16.2 Å². The fourth-order valence-electron chi connectivity index (χ4n) is 1.53. The van der Waals surface area contributed by atoms with Crippen molar-refractivity contribution in [1.82, 2.24) is 20.1 Å². The summed E-state index contributed by atoms with van der Waals surface area (Å²) in [6.07, 6.45) is 1.30. The smallest absolute Gasteiger partial charge is 0.254 e. The van der Waals surface area contributed by atoms with Gasteiger partial charge < -0.3 is 10.6 Å². The van der Waals surface area contributed by atoms with E-state index in [1.165, 1.54) is 18.3 Å². The van der Waals surface area contributed by atoms with E-state index in [1.54, 1.807) is 0 Å². The standard InChI is InChI=1S/C11H11F2N5O/c1-18(4-9-15-5-16-17-9)11(19)6-2-7(12)10(14)8(13)3-6/h2-3,5H,4,14H2,1H3,(H,15,16,17). The molecule has 0 unspecified atom stereocenters. The molecule has 0 saturated heterocycles. The van der Waals surface area contributed by atoms with E-state index in [0.717, 1.165) is 12.1 Å². The molecule has 1 aromatic heterocycles. The van der Waals surface area contributed by atoms with Gasteiger partial charge in [-0.3, -0.25) is 9.89 Å². The van der Waals surface area contributed by atoms with Crippen LogP contribution in [0.25, 0.3) is 0 Å². The second kappa shape index (κ2) is 5.01. The summed E-state index contributed by atoms with van der Waals surface area (Å²) in [6.45, 7) is 0.145. The van der Waals surface area contributed by atoms with Gasteiger partial charge >= 0.3 is 0 Å². The molecule has 2 rings (SSSR count). The number of hydrogen-bond donors (Lipinski definition) is 2. The minimum atomic E-state index is -0.962. The molecule has 0 fully saturated rings. The molecule has 1 amide bonds. The molecule has 1 aromatic carbocycles. The second-order valence-corrected chi connectivity index (χ2v) is 3.95. The highest BCUT2D eigenvalue weighted by atomic mass is 19.1. The van der Waals surface area contributed by atoms with Crippen molar-refractivity contribution in [1.29, 1.82) is 0 Å². The Morgan fingerprint density at radius 3 is 2.58 bits per heavy atom. The van der Waals surface area contributed by atoms with Gasteiger partial charge in [0.15, 0.2) is 0 Å². The number of nitrogens with two attached hydrogens (primary N) is 1. The molecule has 2 aromatic rings. The number of benzene rings is 1. The van der Waals surface area contributed by atoms with Crippen LogP contribution in [0, 0.1) is 11.6 Å². The van der Waals surface area contributed by atoms with E-state index in [1.807, 2.05) is 0 Å². The molecule has 0 aliphatic heterocycles. The van der Waals surface area contributed by atoms with Crippen LogP contribution < -0.4 is 5.73 Å². The topological polar surface area (TPSA) is 87.9 Å². The fourth-order valence-corrected chi connectivity index (χ4v) is 1.53. The number of carbonyl (C=O) groups is 1. The number of aromatic nitrogens is 3. The van der Waals surface area contributed by atoms with Gasteiger partial charge in [-0.15, -0.1) is 0 Å². The monoisotopic (exact) mass is 267 g/mol. The van der Waals surface area contributed by atoms with E-state index in [4.69, 9.17) is 5.73 Å². The number of rotatable bonds is 3. The molecule has 19 heavy (non-hydrogen) atoms. The maximum atomic E-state index is 13.3. The van der Waals surface area contributed by atoms with Crippen molar-refractivity contribution >= 4 is 11.6 Å². The third-order valence-corrected chi connectivity index (χ3v) is 2.52. The van der Waals surface area contributed by atoms with E-state index in [0.29, 0.717) is 5.82 Å². The number of amides is 1. The normalized spacial score (nSPS) is 10.5. The Morgan fingerprint density at radius 2 is 2.05 bits per heavy atom. The molecule has 6 nitrogen and oxygen atoms in total. The number of hydrogen-bond acceptors (Lipinski definition) is 4. The molecule has 0 spiro atoms. The van der Waals surface area contributed by atoms with Crippen molar-refractivity contribution in [2.45, 2.75) is 6.54 Å². The first-order chi connectivity index (χ1) is 8.99. The molecule has 3 N–H and O–H groups in total. The van der Waals surface area contributed by atoms with Gasteiger partial charge in [-0.05, 0) is 12.1 Å². The Labute approximate surface area is 107 Å². The number of nitrogens with one attached hydrogen (secondary N) is 1. The first-order valence-electron chi connectivity index (χ1n) is 5.33. The maximum Gasteiger partial charge on any atom is 0.254 e. The summed E-state index contributed by atoms with van der Waals surface area (Å²) in [5, 5.41) is 6.22. The SMILES string of the molecule is CN(Cc1ncn[nH]1)C(=O)c1cc(F)c(N)c(F)c1. The average Bonchev–Trinajstić information content (AvgIpc) is 2.87. The summed E-state index contributed by atoms with van der Waals surface area (Å²) < 4.78 is 26.6. The fraction of sp³-hybridized carbons (Fsp3) is 0.182. The van der Waals surface area contributed by atoms with Crippen LogP contribution in [-0.2, 0) is 6.54 Å². The van der Waals surface area contributed by atoms with Crippen molar-refractivity contribution in [2.24, 2.45) is 0 Å². The molecule has 0 aliphatic carbocycles. The van der Waals surface area contributed by atoms with Crippen LogP contribution >= 0.6 is 0 Å². The van der Waals surface area contributed by atoms with Crippen LogP contribution in [-0.4, -0.2) is 33.0 Å². The molecule has 0 radical (unpaired) electrons. The van der Waals surface area contributed by atoms with Crippen molar-refractivity contribution in [3.63, 3.8) is 0 Å². The second-order valence-electron chi connectivity index (χ2n) is 3.95. The summed E-state index contributed by atoms with van der Waals surface area (Å²) in [7, 11) is 1.48. The molecule has 100 valence electrons. The van der Waals surface area contributed by atoms with Crippen molar-refractivity contribution < 1.29 is 13.6 Å². The number of anilines is 1. The van der Waals surface area contributed by atoms with Crippen LogP contribution in [0.4, 0.5) is 14.5 Å². The van der Waals surface area contributed by atoms with Gasteiger partial charge in [0, 0.05) is 12.6 Å². The molecule has 1 heterocycles.